The molecule has 0 aliphatic rings. The number of nitrogens with one attached hydrogen (secondary N) is 3. The number of hydrogen-bond acceptors (Lipinski definition) is 8. The highest BCUT2D eigenvalue weighted by Crippen LogP contribution is 2.32. The molecule has 9 nitrogen and oxygen atoms in total. The van der Waals surface area contributed by atoms with Crippen molar-refractivity contribution >= 4 is 50.5 Å². The van der Waals surface area contributed by atoms with Gasteiger partial charge in [0.05, 0.1) is 30.9 Å². The number of sulfonamides is 1. The predicted octanol–water partition coefficient (Wildman–Crippen LogP) is 3.70. The summed E-state index contributed by atoms with van der Waals surface area (Å²) in [6.07, 6.45) is 5.89. The van der Waals surface area contributed by atoms with Gasteiger partial charge in [0, 0.05) is 24.1 Å². The van der Waals surface area contributed by atoms with E-state index in [2.05, 4.69) is 30.3 Å². The number of pyridine rings is 1. The third-order valence-corrected chi connectivity index (χ3v) is 4.65. The van der Waals surface area contributed by atoms with Crippen molar-refractivity contribution in [2.24, 2.45) is 0 Å². The van der Waals surface area contributed by atoms with Crippen molar-refractivity contribution in [3.63, 3.8) is 0 Å². The molecule has 0 aliphatic heterocycles. The molecule has 3 rings (SSSR count). The van der Waals surface area contributed by atoms with Gasteiger partial charge in [-0.25, -0.2) is 13.4 Å². The highest BCUT2D eigenvalue weighted by molar-refractivity contribution is 7.92. The smallest absolute Gasteiger partial charge is 0.229 e. The second-order valence-electron chi connectivity index (χ2n) is 6.12. The fourth-order valence-corrected chi connectivity index (χ4v) is 3.13. The van der Waals surface area contributed by atoms with Gasteiger partial charge in [0.2, 0.25) is 16.0 Å². The number of aryl methyl sites for hydroxylation is 1. The monoisotopic (exact) mass is 434 g/mol. The summed E-state index contributed by atoms with van der Waals surface area (Å²) in [5.41, 5.74) is 2.47. The molecule has 0 fully saturated rings. The Morgan fingerprint density at radius 2 is 1.86 bits per heavy atom. The summed E-state index contributed by atoms with van der Waals surface area (Å²) in [6.45, 7) is 1.91. The zero-order valence-corrected chi connectivity index (χ0v) is 17.5. The second-order valence-corrected chi connectivity index (χ2v) is 8.27. The van der Waals surface area contributed by atoms with Gasteiger partial charge in [0.15, 0.2) is 5.82 Å². The first-order chi connectivity index (χ1) is 13.7. The zero-order chi connectivity index (χ0) is 21.0. The van der Waals surface area contributed by atoms with Gasteiger partial charge in [0.1, 0.15) is 10.8 Å². The molecule has 0 atom stereocenters. The Morgan fingerprint density at radius 3 is 2.55 bits per heavy atom. The van der Waals surface area contributed by atoms with E-state index in [-0.39, 0.29) is 5.02 Å². The lowest BCUT2D eigenvalue weighted by atomic mass is 10.2. The van der Waals surface area contributed by atoms with E-state index in [1.807, 2.05) is 6.92 Å². The fraction of sp³-hybridized carbons (Fsp3) is 0.167. The van der Waals surface area contributed by atoms with Gasteiger partial charge < -0.3 is 15.4 Å². The van der Waals surface area contributed by atoms with Crippen LogP contribution in [0.25, 0.3) is 0 Å². The van der Waals surface area contributed by atoms with Crippen molar-refractivity contribution in [2.45, 2.75) is 6.92 Å². The van der Waals surface area contributed by atoms with Crippen LogP contribution in [0.4, 0.5) is 28.8 Å². The number of rotatable bonds is 7. The molecule has 0 bridgehead atoms. The van der Waals surface area contributed by atoms with Gasteiger partial charge in [-0.15, -0.1) is 0 Å². The molecular weight excluding hydrogens is 416 g/mol. The Kier molecular flexibility index (Phi) is 6.04. The van der Waals surface area contributed by atoms with Crippen LogP contribution in [-0.4, -0.2) is 36.7 Å². The Labute approximate surface area is 173 Å². The molecule has 0 spiro atoms. The molecule has 3 aromatic rings. The molecule has 2 aromatic heterocycles. The van der Waals surface area contributed by atoms with Crippen LogP contribution in [0.2, 0.25) is 5.02 Å². The van der Waals surface area contributed by atoms with Gasteiger partial charge in [-0.05, 0) is 30.7 Å². The zero-order valence-electron chi connectivity index (χ0n) is 15.9. The van der Waals surface area contributed by atoms with E-state index < -0.39 is 10.0 Å². The molecule has 0 saturated heterocycles. The van der Waals surface area contributed by atoms with Gasteiger partial charge in [-0.2, -0.15) is 4.98 Å². The van der Waals surface area contributed by atoms with Crippen LogP contribution >= 0.6 is 11.6 Å². The maximum atomic E-state index is 11.7. The van der Waals surface area contributed by atoms with Crippen LogP contribution in [0.1, 0.15) is 5.56 Å². The third-order valence-electron chi connectivity index (χ3n) is 3.79. The highest BCUT2D eigenvalue weighted by Gasteiger charge is 2.13. The first-order valence-electron chi connectivity index (χ1n) is 8.38. The Bertz CT molecular complexity index is 1140. The number of anilines is 5. The summed E-state index contributed by atoms with van der Waals surface area (Å²) in [6, 6.07) is 6.70. The number of benzene rings is 1. The Morgan fingerprint density at radius 1 is 1.07 bits per heavy atom. The van der Waals surface area contributed by atoms with Gasteiger partial charge in [-0.3, -0.25) is 9.71 Å². The summed E-state index contributed by atoms with van der Waals surface area (Å²) in [7, 11) is -2.02. The van der Waals surface area contributed by atoms with Crippen LogP contribution in [0.5, 0.6) is 5.75 Å². The lowest BCUT2D eigenvalue weighted by Crippen LogP contribution is -2.11. The largest absolute Gasteiger partial charge is 0.497 e. The summed E-state index contributed by atoms with van der Waals surface area (Å²) in [5, 5.41) is 6.41. The van der Waals surface area contributed by atoms with Gasteiger partial charge >= 0.3 is 0 Å². The van der Waals surface area contributed by atoms with Crippen LogP contribution in [0.15, 0.2) is 42.9 Å². The topological polar surface area (TPSA) is 118 Å². The summed E-state index contributed by atoms with van der Waals surface area (Å²) in [5.74, 6) is 1.11. The fourth-order valence-electron chi connectivity index (χ4n) is 2.42. The van der Waals surface area contributed by atoms with Gasteiger partial charge in [0.25, 0.3) is 0 Å². The van der Waals surface area contributed by atoms with E-state index in [4.69, 9.17) is 16.3 Å². The number of aromatic nitrogens is 3. The lowest BCUT2D eigenvalue weighted by molar-refractivity contribution is 0.415. The first-order valence-corrected chi connectivity index (χ1v) is 10.6. The number of halogens is 1. The minimum Gasteiger partial charge on any atom is -0.497 e. The van der Waals surface area contributed by atoms with Crippen LogP contribution < -0.4 is 20.1 Å². The van der Waals surface area contributed by atoms with E-state index >= 15 is 0 Å². The normalized spacial score (nSPS) is 11.0. The van der Waals surface area contributed by atoms with Crippen LogP contribution in [0, 0.1) is 6.92 Å². The summed E-state index contributed by atoms with van der Waals surface area (Å²) in [4.78, 5) is 12.6. The molecule has 152 valence electrons. The quantitative estimate of drug-likeness (QED) is 0.515. The molecule has 1 aromatic carbocycles. The van der Waals surface area contributed by atoms with Crippen molar-refractivity contribution in [3.05, 3.63) is 53.4 Å². The van der Waals surface area contributed by atoms with Crippen molar-refractivity contribution in [1.29, 1.82) is 0 Å². The third kappa shape index (κ3) is 5.46. The van der Waals surface area contributed by atoms with E-state index in [1.165, 1.54) is 13.3 Å². The minimum absolute atomic E-state index is 0.267. The first kappa shape index (κ1) is 20.6. The number of methoxy groups -OCH3 is 1. The van der Waals surface area contributed by atoms with E-state index in [1.54, 1.807) is 36.7 Å². The summed E-state index contributed by atoms with van der Waals surface area (Å²) < 4.78 is 31.0. The lowest BCUT2D eigenvalue weighted by Gasteiger charge is -2.15. The predicted molar refractivity (Wildman–Crippen MR) is 114 cm³/mol. The van der Waals surface area contributed by atoms with Crippen molar-refractivity contribution in [3.8, 4) is 5.75 Å². The molecule has 0 radical (unpaired) electrons. The molecule has 2 heterocycles. The van der Waals surface area contributed by atoms with Crippen molar-refractivity contribution in [1.82, 2.24) is 15.0 Å². The molecule has 0 unspecified atom stereocenters. The average Bonchev–Trinajstić information content (AvgIpc) is 2.66. The summed E-state index contributed by atoms with van der Waals surface area (Å²) >= 11 is 6.24. The molecule has 0 aliphatic carbocycles. The SMILES string of the molecule is COc1ccc(Nc2nc(Nc3ccncc3C)ncc2Cl)c(NS(C)(=O)=O)c1. The average molecular weight is 435 g/mol. The van der Waals surface area contributed by atoms with Gasteiger partial charge in [-0.1, -0.05) is 11.6 Å². The molecule has 0 amide bonds. The number of nitrogens with zero attached hydrogens (tertiary/aromatic N) is 3. The standard InChI is InChI=1S/C18H19ClN6O3S/c1-11-9-20-7-6-14(11)23-18-21-10-13(19)17(24-18)22-15-5-4-12(28-2)8-16(15)25-29(3,26)27/h4-10,25H,1-3H3,(H2,20,21,22,23,24). The van der Waals surface area contributed by atoms with E-state index in [0.29, 0.717) is 28.9 Å². The van der Waals surface area contributed by atoms with Crippen molar-refractivity contribution < 1.29 is 13.2 Å². The molecular formula is C18H19ClN6O3S. The number of hydrogen-bond donors (Lipinski definition) is 3. The molecule has 3 N–H and O–H groups in total. The van der Waals surface area contributed by atoms with Crippen molar-refractivity contribution in [2.75, 3.05) is 28.7 Å². The Hall–Kier alpha value is -3.11. The minimum atomic E-state index is -3.51. The highest BCUT2D eigenvalue weighted by atomic mass is 35.5. The maximum absolute atomic E-state index is 11.7. The maximum Gasteiger partial charge on any atom is 0.229 e. The van der Waals surface area contributed by atoms with E-state index in [9.17, 15) is 8.42 Å². The molecule has 11 heteroatoms. The van der Waals surface area contributed by atoms with Crippen LogP contribution in [0.3, 0.4) is 0 Å². The molecule has 0 saturated carbocycles. The number of ether oxygens (including phenoxy) is 1. The Balaban J connectivity index is 1.93. The second kappa shape index (κ2) is 8.50. The van der Waals surface area contributed by atoms with E-state index in [0.717, 1.165) is 17.5 Å². The van der Waals surface area contributed by atoms with Crippen LogP contribution in [-0.2, 0) is 10.0 Å². The molecule has 29 heavy (non-hydrogen) atoms.